The van der Waals surface area contributed by atoms with Gasteiger partial charge in [-0.25, -0.2) is 8.42 Å². The smallest absolute Gasteiger partial charge is 0.232 e. The molecule has 1 aliphatic rings. The van der Waals surface area contributed by atoms with Crippen molar-refractivity contribution in [3.8, 4) is 0 Å². The third-order valence-corrected chi connectivity index (χ3v) is 3.88. The fourth-order valence-electron chi connectivity index (χ4n) is 1.73. The average Bonchev–Trinajstić information content (AvgIpc) is 2.25. The Balaban J connectivity index is 2.51. The number of rotatable bonds is 0. The van der Waals surface area contributed by atoms with Crippen molar-refractivity contribution in [2.45, 2.75) is 19.3 Å². The molecule has 76 valence electrons. The number of benzene rings is 1. The van der Waals surface area contributed by atoms with E-state index < -0.39 is 10.0 Å². The molecule has 0 bridgehead atoms. The summed E-state index contributed by atoms with van der Waals surface area (Å²) < 4.78 is 25.5. The van der Waals surface area contributed by atoms with Crippen molar-refractivity contribution in [2.75, 3.05) is 10.5 Å². The van der Waals surface area contributed by atoms with E-state index >= 15 is 0 Å². The van der Waals surface area contributed by atoms with Gasteiger partial charge >= 0.3 is 0 Å². The maximum atomic E-state index is 11.5. The van der Waals surface area contributed by atoms with Crippen molar-refractivity contribution < 1.29 is 8.42 Å². The van der Waals surface area contributed by atoms with Gasteiger partial charge in [-0.1, -0.05) is 25.1 Å². The summed E-state index contributed by atoms with van der Waals surface area (Å²) in [6.07, 6.45) is 0.687. The van der Waals surface area contributed by atoms with Gasteiger partial charge < -0.3 is 0 Å². The number of hydrogen-bond acceptors (Lipinski definition) is 2. The van der Waals surface area contributed by atoms with Gasteiger partial charge in [-0.3, -0.25) is 4.72 Å². The van der Waals surface area contributed by atoms with E-state index in [0.29, 0.717) is 12.3 Å². The van der Waals surface area contributed by atoms with Gasteiger partial charge in [-0.05, 0) is 24.0 Å². The molecule has 0 radical (unpaired) electrons. The summed E-state index contributed by atoms with van der Waals surface area (Å²) in [5, 5.41) is 0. The van der Waals surface area contributed by atoms with Crippen LogP contribution in [0.2, 0.25) is 0 Å². The van der Waals surface area contributed by atoms with Crippen molar-refractivity contribution in [3.05, 3.63) is 29.8 Å². The monoisotopic (exact) mass is 211 g/mol. The molecule has 0 saturated heterocycles. The predicted molar refractivity (Wildman–Crippen MR) is 56.9 cm³/mol. The molecule has 1 unspecified atom stereocenters. The zero-order valence-electron chi connectivity index (χ0n) is 8.03. The first-order chi connectivity index (χ1) is 6.58. The Morgan fingerprint density at radius 2 is 2.07 bits per heavy atom. The molecule has 3 nitrogen and oxygen atoms in total. The number of sulfonamides is 1. The van der Waals surface area contributed by atoms with Gasteiger partial charge in [0.2, 0.25) is 10.0 Å². The molecule has 0 fully saturated rings. The van der Waals surface area contributed by atoms with E-state index in [4.69, 9.17) is 0 Å². The predicted octanol–water partition coefficient (Wildman–Crippen LogP) is 1.94. The summed E-state index contributed by atoms with van der Waals surface area (Å²) >= 11 is 0. The van der Waals surface area contributed by atoms with Crippen LogP contribution in [0.25, 0.3) is 0 Å². The van der Waals surface area contributed by atoms with Gasteiger partial charge in [0.05, 0.1) is 11.4 Å². The first-order valence-electron chi connectivity index (χ1n) is 4.68. The van der Waals surface area contributed by atoms with Crippen molar-refractivity contribution in [2.24, 2.45) is 0 Å². The van der Waals surface area contributed by atoms with Crippen LogP contribution >= 0.6 is 0 Å². The zero-order chi connectivity index (χ0) is 10.2. The first kappa shape index (κ1) is 9.52. The van der Waals surface area contributed by atoms with E-state index in [1.807, 2.05) is 24.3 Å². The number of para-hydroxylation sites is 1. The third-order valence-electron chi connectivity index (χ3n) is 2.58. The minimum atomic E-state index is -3.12. The third kappa shape index (κ3) is 1.75. The van der Waals surface area contributed by atoms with Crippen LogP contribution in [-0.2, 0) is 10.0 Å². The summed E-state index contributed by atoms with van der Waals surface area (Å²) in [5.74, 6) is 0.513. The van der Waals surface area contributed by atoms with Crippen LogP contribution in [0.5, 0.6) is 0 Å². The van der Waals surface area contributed by atoms with Gasteiger partial charge in [0.15, 0.2) is 0 Å². The quantitative estimate of drug-likeness (QED) is 0.712. The fraction of sp³-hybridized carbons (Fsp3) is 0.400. The number of nitrogens with one attached hydrogen (secondary N) is 1. The number of anilines is 1. The largest absolute Gasteiger partial charge is 0.283 e. The Morgan fingerprint density at radius 3 is 2.86 bits per heavy atom. The SMILES string of the molecule is CC1CCS(=O)(=O)Nc2ccccc21. The molecule has 0 spiro atoms. The van der Waals surface area contributed by atoms with Gasteiger partial charge in [0, 0.05) is 0 Å². The molecule has 2 rings (SSSR count). The molecule has 0 aliphatic carbocycles. The van der Waals surface area contributed by atoms with Crippen LogP contribution < -0.4 is 4.72 Å². The van der Waals surface area contributed by atoms with E-state index in [0.717, 1.165) is 11.3 Å². The normalized spacial score (nSPS) is 24.5. The van der Waals surface area contributed by atoms with Crippen LogP contribution in [0.15, 0.2) is 24.3 Å². The number of fused-ring (bicyclic) bond motifs is 1. The molecule has 14 heavy (non-hydrogen) atoms. The summed E-state index contributed by atoms with van der Waals surface area (Å²) in [7, 11) is -3.12. The van der Waals surface area contributed by atoms with E-state index in [1.165, 1.54) is 0 Å². The van der Waals surface area contributed by atoms with Crippen molar-refractivity contribution >= 4 is 15.7 Å². The van der Waals surface area contributed by atoms with Crippen LogP contribution in [-0.4, -0.2) is 14.2 Å². The molecule has 1 aliphatic heterocycles. The molecule has 0 amide bonds. The van der Waals surface area contributed by atoms with Crippen molar-refractivity contribution in [3.63, 3.8) is 0 Å². The second kappa shape index (κ2) is 3.28. The van der Waals surface area contributed by atoms with Gasteiger partial charge in [-0.15, -0.1) is 0 Å². The molecule has 1 N–H and O–H groups in total. The highest BCUT2D eigenvalue weighted by Gasteiger charge is 2.21. The molecule has 0 saturated carbocycles. The average molecular weight is 211 g/mol. The van der Waals surface area contributed by atoms with E-state index in [1.54, 1.807) is 0 Å². The van der Waals surface area contributed by atoms with E-state index in [9.17, 15) is 8.42 Å². The van der Waals surface area contributed by atoms with Gasteiger partial charge in [0.25, 0.3) is 0 Å². The summed E-state index contributed by atoms with van der Waals surface area (Å²) in [4.78, 5) is 0. The van der Waals surface area contributed by atoms with Crippen molar-refractivity contribution in [1.82, 2.24) is 0 Å². The molecule has 1 aromatic rings. The Labute approximate surface area is 84.2 Å². The summed E-state index contributed by atoms with van der Waals surface area (Å²) in [6.45, 7) is 2.06. The van der Waals surface area contributed by atoms with Gasteiger partial charge in [0.1, 0.15) is 0 Å². The lowest BCUT2D eigenvalue weighted by atomic mass is 9.97. The Morgan fingerprint density at radius 1 is 1.36 bits per heavy atom. The van der Waals surface area contributed by atoms with Crippen LogP contribution in [0, 0.1) is 0 Å². The Hall–Kier alpha value is -1.03. The molecule has 1 atom stereocenters. The van der Waals surface area contributed by atoms with Crippen molar-refractivity contribution in [1.29, 1.82) is 0 Å². The molecular weight excluding hydrogens is 198 g/mol. The Kier molecular flexibility index (Phi) is 2.23. The Bertz CT molecular complexity index is 439. The molecular formula is C10H13NO2S. The molecule has 1 heterocycles. The van der Waals surface area contributed by atoms with E-state index in [2.05, 4.69) is 11.6 Å². The van der Waals surface area contributed by atoms with Crippen LogP contribution in [0.4, 0.5) is 5.69 Å². The summed E-state index contributed by atoms with van der Waals surface area (Å²) in [6, 6.07) is 7.58. The summed E-state index contributed by atoms with van der Waals surface area (Å²) in [5.41, 5.74) is 1.83. The minimum absolute atomic E-state index is 0.211. The van der Waals surface area contributed by atoms with E-state index in [-0.39, 0.29) is 5.75 Å². The molecule has 1 aromatic carbocycles. The highest BCUT2D eigenvalue weighted by Crippen LogP contribution is 2.30. The molecule has 4 heteroatoms. The fourth-order valence-corrected chi connectivity index (χ4v) is 3.01. The van der Waals surface area contributed by atoms with Crippen LogP contribution in [0.1, 0.15) is 24.8 Å². The lowest BCUT2D eigenvalue weighted by molar-refractivity contribution is 0.596. The molecule has 0 aromatic heterocycles. The maximum absolute atomic E-state index is 11.5. The maximum Gasteiger partial charge on any atom is 0.232 e. The highest BCUT2D eigenvalue weighted by atomic mass is 32.2. The zero-order valence-corrected chi connectivity index (χ0v) is 8.84. The lowest BCUT2D eigenvalue weighted by Crippen LogP contribution is -2.14. The van der Waals surface area contributed by atoms with Gasteiger partial charge in [-0.2, -0.15) is 0 Å². The standard InChI is InChI=1S/C10H13NO2S/c1-8-6-7-14(12,13)11-10-5-3-2-4-9(8)10/h2-5,8,11H,6-7H2,1H3. The lowest BCUT2D eigenvalue weighted by Gasteiger charge is -2.10. The number of hydrogen-bond donors (Lipinski definition) is 1. The van der Waals surface area contributed by atoms with Crippen LogP contribution in [0.3, 0.4) is 0 Å². The topological polar surface area (TPSA) is 46.2 Å². The second-order valence-electron chi connectivity index (χ2n) is 3.70. The first-order valence-corrected chi connectivity index (χ1v) is 6.33. The minimum Gasteiger partial charge on any atom is -0.283 e. The second-order valence-corrected chi connectivity index (χ2v) is 5.54. The highest BCUT2D eigenvalue weighted by molar-refractivity contribution is 7.92.